The summed E-state index contributed by atoms with van der Waals surface area (Å²) in [6, 6.07) is 29.5. The van der Waals surface area contributed by atoms with Crippen LogP contribution in [0.5, 0.6) is 0 Å². The van der Waals surface area contributed by atoms with E-state index in [9.17, 15) is 0 Å². The van der Waals surface area contributed by atoms with Crippen molar-refractivity contribution < 1.29 is 0 Å². The molecule has 0 unspecified atom stereocenters. The summed E-state index contributed by atoms with van der Waals surface area (Å²) >= 11 is 3.50. The van der Waals surface area contributed by atoms with E-state index in [1.807, 2.05) is 6.07 Å². The van der Waals surface area contributed by atoms with Gasteiger partial charge in [-0.05, 0) is 41.5 Å². The Balaban J connectivity index is 1.88. The quantitative estimate of drug-likeness (QED) is 0.393. The Morgan fingerprint density at radius 3 is 2.25 bits per heavy atom. The van der Waals surface area contributed by atoms with Crippen LogP contribution in [0, 0.1) is 0 Å². The van der Waals surface area contributed by atoms with E-state index >= 15 is 0 Å². The molecule has 0 amide bonds. The van der Waals surface area contributed by atoms with Gasteiger partial charge in [-0.15, -0.1) is 0 Å². The average molecular weight is 374 g/mol. The molecule has 2 heteroatoms. The summed E-state index contributed by atoms with van der Waals surface area (Å²) in [5.74, 6) is 0. The number of hydrogen-bond acceptors (Lipinski definition) is 0. The fourth-order valence-corrected chi connectivity index (χ4v) is 3.14. The second-order valence-electron chi connectivity index (χ2n) is 5.75. The Kier molecular flexibility index (Phi) is 4.06. The maximum atomic E-state index is 3.55. The van der Waals surface area contributed by atoms with Crippen LogP contribution in [0.3, 0.4) is 0 Å². The molecule has 1 nitrogen and oxygen atoms in total. The number of aromatic nitrogens is 1. The maximum Gasteiger partial charge on any atom is 0.0471 e. The zero-order chi connectivity index (χ0) is 16.4. The van der Waals surface area contributed by atoms with Gasteiger partial charge in [0.15, 0.2) is 0 Å². The first kappa shape index (κ1) is 15.0. The molecule has 0 saturated heterocycles. The number of fused-ring (bicyclic) bond motifs is 1. The molecule has 0 aliphatic heterocycles. The van der Waals surface area contributed by atoms with Crippen LogP contribution in [0.2, 0.25) is 0 Å². The third-order valence-electron chi connectivity index (χ3n) is 4.09. The van der Waals surface area contributed by atoms with Crippen molar-refractivity contribution >= 4 is 38.5 Å². The van der Waals surface area contributed by atoms with E-state index < -0.39 is 0 Å². The fraction of sp³-hybridized carbons (Fsp3) is 0. The molecule has 0 radical (unpaired) electrons. The van der Waals surface area contributed by atoms with Crippen LogP contribution in [-0.4, -0.2) is 4.98 Å². The van der Waals surface area contributed by atoms with Gasteiger partial charge in [-0.25, -0.2) is 0 Å². The largest absolute Gasteiger partial charge is 0.355 e. The fourth-order valence-electron chi connectivity index (χ4n) is 2.88. The predicted molar refractivity (Wildman–Crippen MR) is 106 cm³/mol. The predicted octanol–water partition coefficient (Wildman–Crippen LogP) is 6.52. The van der Waals surface area contributed by atoms with Crippen molar-refractivity contribution in [1.29, 1.82) is 0 Å². The molecule has 1 heterocycles. The lowest BCUT2D eigenvalue weighted by molar-refractivity contribution is 1.39. The van der Waals surface area contributed by atoms with Gasteiger partial charge in [0.2, 0.25) is 0 Å². The van der Waals surface area contributed by atoms with Crippen LogP contribution >= 0.6 is 15.9 Å². The van der Waals surface area contributed by atoms with Crippen LogP contribution < -0.4 is 0 Å². The second kappa shape index (κ2) is 6.50. The number of nitrogens with one attached hydrogen (secondary N) is 1. The van der Waals surface area contributed by atoms with E-state index in [1.54, 1.807) is 0 Å². The van der Waals surface area contributed by atoms with Gasteiger partial charge >= 0.3 is 0 Å². The molecule has 0 spiro atoms. The number of aromatic amines is 1. The number of halogens is 1. The van der Waals surface area contributed by atoms with Crippen LogP contribution in [0.4, 0.5) is 0 Å². The van der Waals surface area contributed by atoms with Crippen molar-refractivity contribution in [2.24, 2.45) is 0 Å². The normalized spacial score (nSPS) is 11.8. The van der Waals surface area contributed by atoms with Gasteiger partial charge < -0.3 is 4.98 Å². The molecular weight excluding hydrogens is 358 g/mol. The average Bonchev–Trinajstić information content (AvgIpc) is 3.06. The van der Waals surface area contributed by atoms with E-state index in [-0.39, 0.29) is 0 Å². The molecule has 1 aromatic heterocycles. The third kappa shape index (κ3) is 3.06. The topological polar surface area (TPSA) is 15.8 Å². The summed E-state index contributed by atoms with van der Waals surface area (Å²) in [5, 5.41) is 1.23. The molecule has 3 aromatic carbocycles. The van der Waals surface area contributed by atoms with E-state index in [2.05, 4.69) is 106 Å². The van der Waals surface area contributed by atoms with Crippen LogP contribution in [0.25, 0.3) is 22.6 Å². The van der Waals surface area contributed by atoms with Crippen LogP contribution in [0.1, 0.15) is 16.8 Å². The highest BCUT2D eigenvalue weighted by atomic mass is 79.9. The number of benzene rings is 3. The highest BCUT2D eigenvalue weighted by Crippen LogP contribution is 2.28. The summed E-state index contributed by atoms with van der Waals surface area (Å²) in [6.45, 7) is 0. The molecule has 24 heavy (non-hydrogen) atoms. The highest BCUT2D eigenvalue weighted by molar-refractivity contribution is 9.10. The minimum atomic E-state index is 1.09. The van der Waals surface area contributed by atoms with Crippen molar-refractivity contribution in [3.05, 3.63) is 106 Å². The van der Waals surface area contributed by atoms with Gasteiger partial charge in [0.1, 0.15) is 0 Å². The summed E-state index contributed by atoms with van der Waals surface area (Å²) in [5.41, 5.74) is 5.85. The number of hydrogen-bond donors (Lipinski definition) is 1. The van der Waals surface area contributed by atoms with Crippen molar-refractivity contribution in [2.75, 3.05) is 0 Å². The monoisotopic (exact) mass is 373 g/mol. The Labute approximate surface area is 149 Å². The molecule has 0 atom stereocenters. The molecule has 4 aromatic rings. The molecule has 0 aliphatic rings. The third-order valence-corrected chi connectivity index (χ3v) is 4.61. The lowest BCUT2D eigenvalue weighted by Gasteiger charge is -2.07. The Hall–Kier alpha value is -2.58. The van der Waals surface area contributed by atoms with Crippen molar-refractivity contribution in [1.82, 2.24) is 4.98 Å². The molecule has 0 fully saturated rings. The van der Waals surface area contributed by atoms with Crippen LogP contribution in [-0.2, 0) is 0 Å². The van der Waals surface area contributed by atoms with Gasteiger partial charge in [-0.1, -0.05) is 76.6 Å². The van der Waals surface area contributed by atoms with Crippen molar-refractivity contribution in [2.45, 2.75) is 0 Å². The molecular formula is C22H16BrN. The lowest BCUT2D eigenvalue weighted by atomic mass is 10.00. The second-order valence-corrected chi connectivity index (χ2v) is 6.66. The van der Waals surface area contributed by atoms with Gasteiger partial charge in [-0.2, -0.15) is 0 Å². The first-order valence-corrected chi connectivity index (χ1v) is 8.70. The zero-order valence-electron chi connectivity index (χ0n) is 13.0. The number of H-pyrrole nitrogens is 1. The van der Waals surface area contributed by atoms with Gasteiger partial charge in [0.05, 0.1) is 0 Å². The van der Waals surface area contributed by atoms with E-state index in [0.29, 0.717) is 0 Å². The van der Waals surface area contributed by atoms with Gasteiger partial charge in [-0.3, -0.25) is 0 Å². The standard InChI is InChI=1S/C22H16BrN/c23-19-12-10-16(11-13-19)14-20(17-6-2-1-3-7-17)22-15-18-8-4-5-9-21(18)24-22/h1-15,24H/b20-14-. The smallest absolute Gasteiger partial charge is 0.0471 e. The molecule has 4 rings (SSSR count). The maximum absolute atomic E-state index is 3.55. The highest BCUT2D eigenvalue weighted by Gasteiger charge is 2.08. The molecule has 0 saturated carbocycles. The summed E-state index contributed by atoms with van der Waals surface area (Å²) in [6.07, 6.45) is 2.23. The number of para-hydroxylation sites is 1. The molecule has 0 aliphatic carbocycles. The first-order valence-electron chi connectivity index (χ1n) is 7.90. The van der Waals surface area contributed by atoms with Crippen molar-refractivity contribution in [3.8, 4) is 0 Å². The van der Waals surface area contributed by atoms with Crippen LogP contribution in [0.15, 0.2) is 89.4 Å². The summed E-state index contributed by atoms with van der Waals surface area (Å²) in [4.78, 5) is 3.55. The van der Waals surface area contributed by atoms with E-state index in [4.69, 9.17) is 0 Å². The molecule has 1 N–H and O–H groups in total. The van der Waals surface area contributed by atoms with Gasteiger partial charge in [0, 0.05) is 26.6 Å². The van der Waals surface area contributed by atoms with Gasteiger partial charge in [0.25, 0.3) is 0 Å². The minimum absolute atomic E-state index is 1.09. The van der Waals surface area contributed by atoms with Crippen molar-refractivity contribution in [3.63, 3.8) is 0 Å². The lowest BCUT2D eigenvalue weighted by Crippen LogP contribution is -1.88. The zero-order valence-corrected chi connectivity index (χ0v) is 14.6. The summed E-state index contributed by atoms with van der Waals surface area (Å²) in [7, 11) is 0. The first-order chi connectivity index (χ1) is 11.8. The molecule has 0 bridgehead atoms. The number of rotatable bonds is 3. The Bertz CT molecular complexity index is 962. The minimum Gasteiger partial charge on any atom is -0.355 e. The Morgan fingerprint density at radius 1 is 0.792 bits per heavy atom. The molecule has 116 valence electrons. The summed E-state index contributed by atoms with van der Waals surface area (Å²) < 4.78 is 1.09. The van der Waals surface area contributed by atoms with E-state index in [0.717, 1.165) is 15.7 Å². The van der Waals surface area contributed by atoms with E-state index in [1.165, 1.54) is 22.1 Å². The SMILES string of the molecule is Brc1ccc(/C=C(/c2ccccc2)c2cc3ccccc3[nH]2)cc1. The Morgan fingerprint density at radius 2 is 1.50 bits per heavy atom.